The smallest absolute Gasteiger partial charge is 0.323 e. The van der Waals surface area contributed by atoms with E-state index in [1.54, 1.807) is 35.3 Å². The summed E-state index contributed by atoms with van der Waals surface area (Å²) in [5, 5.41) is 17.3. The number of carboxylic acid groups (broad SMARTS) is 2. The molecular formula is C31H29N3O11S3. The van der Waals surface area contributed by atoms with Gasteiger partial charge in [-0.3, -0.25) is 33.5 Å². The molecule has 3 N–H and O–H groups in total. The van der Waals surface area contributed by atoms with Gasteiger partial charge < -0.3 is 24.6 Å². The van der Waals surface area contributed by atoms with Crippen LogP contribution in [0.1, 0.15) is 24.0 Å². The Morgan fingerprint density at radius 2 is 1.69 bits per heavy atom. The number of rotatable bonds is 12. The van der Waals surface area contributed by atoms with Crippen LogP contribution in [0.2, 0.25) is 0 Å². The van der Waals surface area contributed by atoms with Crippen LogP contribution in [0.5, 0.6) is 5.75 Å². The normalized spacial score (nSPS) is 20.4. The fourth-order valence-corrected chi connectivity index (χ4v) is 7.19. The van der Waals surface area contributed by atoms with Crippen LogP contribution in [0, 0.1) is 6.92 Å². The monoisotopic (exact) mass is 715 g/mol. The largest absolute Gasteiger partial charge is 0.480 e. The van der Waals surface area contributed by atoms with E-state index in [0.29, 0.717) is 27.8 Å². The molecule has 48 heavy (non-hydrogen) atoms. The molecule has 5 rings (SSSR count). The van der Waals surface area contributed by atoms with Gasteiger partial charge in [-0.1, -0.05) is 54.2 Å². The summed E-state index contributed by atoms with van der Waals surface area (Å²) in [6, 6.07) is 14.6. The van der Waals surface area contributed by atoms with Gasteiger partial charge in [-0.2, -0.15) is 8.42 Å². The van der Waals surface area contributed by atoms with E-state index in [1.165, 1.54) is 0 Å². The van der Waals surface area contributed by atoms with Gasteiger partial charge in [0.2, 0.25) is 17.5 Å². The second-order valence-corrected chi connectivity index (χ2v) is 14.0. The zero-order valence-electron chi connectivity index (χ0n) is 25.3. The van der Waals surface area contributed by atoms with Gasteiger partial charge in [0.15, 0.2) is 5.75 Å². The number of carbonyl (C=O) groups excluding carboxylic acids is 2. The van der Waals surface area contributed by atoms with E-state index in [1.807, 2.05) is 37.3 Å². The number of allylic oxidation sites excluding steroid dienone is 3. The van der Waals surface area contributed by atoms with Crippen molar-refractivity contribution in [2.24, 2.45) is 0 Å². The number of fused-ring (bicyclic) bond motifs is 1. The number of hydrogen-bond donors (Lipinski definition) is 3. The molecule has 3 heterocycles. The highest BCUT2D eigenvalue weighted by Crippen LogP contribution is 2.44. The molecule has 1 unspecified atom stereocenters. The van der Waals surface area contributed by atoms with Crippen molar-refractivity contribution >= 4 is 74.3 Å². The number of thioether (sulfide) groups is 1. The molecule has 2 saturated heterocycles. The molecular weight excluding hydrogens is 687 g/mol. The predicted molar refractivity (Wildman–Crippen MR) is 178 cm³/mol. The van der Waals surface area contributed by atoms with Gasteiger partial charge >= 0.3 is 11.9 Å². The number of aliphatic carboxylic acids is 2. The molecule has 3 aliphatic heterocycles. The third kappa shape index (κ3) is 7.87. The minimum Gasteiger partial charge on any atom is -0.480 e. The Bertz CT molecular complexity index is 1890. The molecule has 252 valence electrons. The topological polar surface area (TPSA) is 191 Å². The summed E-state index contributed by atoms with van der Waals surface area (Å²) in [6.07, 6.45) is 3.59. The highest BCUT2D eigenvalue weighted by molar-refractivity contribution is 8.04. The van der Waals surface area contributed by atoms with Crippen LogP contribution in [-0.4, -0.2) is 92.5 Å². The Morgan fingerprint density at radius 1 is 1.00 bits per heavy atom. The molecule has 2 fully saturated rings. The number of hydrogen-bond acceptors (Lipinski definition) is 11. The van der Waals surface area contributed by atoms with Gasteiger partial charge in [-0.25, -0.2) is 0 Å². The number of nitrogens with zero attached hydrogens (tertiary/aromatic N) is 3. The number of thiocarbonyl (C=S) groups is 1. The third-order valence-corrected chi connectivity index (χ3v) is 9.71. The number of carbonyl (C=O) groups is 4. The molecule has 2 aromatic carbocycles. The number of ether oxygens (including phenoxy) is 2. The fraction of sp³-hybridized carbons (Fsp3) is 0.258. The Labute approximate surface area is 284 Å². The van der Waals surface area contributed by atoms with E-state index in [4.69, 9.17) is 21.7 Å². The molecule has 0 radical (unpaired) electrons. The number of benzene rings is 2. The van der Waals surface area contributed by atoms with E-state index in [9.17, 15) is 42.4 Å². The summed E-state index contributed by atoms with van der Waals surface area (Å²) in [5.41, 5.74) is 3.04. The van der Waals surface area contributed by atoms with Crippen LogP contribution in [0.4, 0.5) is 5.69 Å². The lowest BCUT2D eigenvalue weighted by Crippen LogP contribution is -2.35. The van der Waals surface area contributed by atoms with Crippen molar-refractivity contribution in [2.75, 3.05) is 30.3 Å². The zero-order chi connectivity index (χ0) is 34.7. The standard InChI is InChI=1S/C31H29N3O11S3/c1-18-8-10-22-21(14-18)32(12-5-13-48(41,42)43)24(44-22)11-9-20(19-6-3-2-4-7-19)15-23-28(39)33(16-25(35)36)30(47-23)27-29(40)34(17-26(37)38)31(46)45-27/h2-4,6-11,14,23H,5,12-13,15-17H2,1H3,(H,35,36)(H,37,38)(H,41,42,43)/b20-9-,24-11-,30-27+. The average Bonchev–Trinajstić information content (AvgIpc) is 3.61. The van der Waals surface area contributed by atoms with Crippen molar-refractivity contribution in [3.05, 3.63) is 88.5 Å². The maximum atomic E-state index is 13.7. The average molecular weight is 716 g/mol. The summed E-state index contributed by atoms with van der Waals surface area (Å²) in [5.74, 6) is -4.15. The first-order valence-corrected chi connectivity index (χ1v) is 17.3. The van der Waals surface area contributed by atoms with Crippen molar-refractivity contribution in [2.45, 2.75) is 25.0 Å². The summed E-state index contributed by atoms with van der Waals surface area (Å²) in [7, 11) is -4.18. The van der Waals surface area contributed by atoms with Crippen molar-refractivity contribution in [1.82, 2.24) is 9.80 Å². The van der Waals surface area contributed by atoms with Gasteiger partial charge in [-0.05, 0) is 66.9 Å². The highest BCUT2D eigenvalue weighted by atomic mass is 32.2. The Hall–Kier alpha value is -4.71. The highest BCUT2D eigenvalue weighted by Gasteiger charge is 2.46. The predicted octanol–water partition coefficient (Wildman–Crippen LogP) is 3.21. The molecule has 14 nitrogen and oxygen atoms in total. The Balaban J connectivity index is 1.49. The van der Waals surface area contributed by atoms with E-state index < -0.39 is 68.9 Å². The summed E-state index contributed by atoms with van der Waals surface area (Å²) >= 11 is 5.93. The van der Waals surface area contributed by atoms with Crippen LogP contribution in [0.15, 0.2) is 77.4 Å². The third-order valence-electron chi connectivity index (χ3n) is 7.32. The molecule has 3 aliphatic rings. The SMILES string of the molecule is Cc1ccc2c(c1)N(CCCS(=O)(=O)O)/C(=C/C=C(/CC1S/C(=C3/OC(=S)N(CC(=O)O)C3=O)N(CC(=O)O)C1=O)c1ccccc1)O2. The van der Waals surface area contributed by atoms with Crippen molar-refractivity contribution in [3.8, 4) is 5.75 Å². The first-order valence-electron chi connectivity index (χ1n) is 14.4. The van der Waals surface area contributed by atoms with Gasteiger partial charge in [0, 0.05) is 6.54 Å². The maximum Gasteiger partial charge on any atom is 0.323 e. The zero-order valence-corrected chi connectivity index (χ0v) is 27.7. The van der Waals surface area contributed by atoms with Crippen LogP contribution < -0.4 is 9.64 Å². The maximum absolute atomic E-state index is 13.7. The van der Waals surface area contributed by atoms with Crippen LogP contribution in [0.25, 0.3) is 5.57 Å². The second-order valence-electron chi connectivity index (χ2n) is 10.8. The lowest BCUT2D eigenvalue weighted by molar-refractivity contribution is -0.142. The molecule has 17 heteroatoms. The van der Waals surface area contributed by atoms with Gasteiger partial charge in [0.25, 0.3) is 21.2 Å². The summed E-state index contributed by atoms with van der Waals surface area (Å²) < 4.78 is 43.5. The van der Waals surface area contributed by atoms with E-state index in [-0.39, 0.29) is 24.4 Å². The number of aryl methyl sites for hydroxylation is 1. The summed E-state index contributed by atoms with van der Waals surface area (Å²) in [6.45, 7) is 0.565. The minimum absolute atomic E-state index is 0.0660. The molecule has 1 atom stereocenters. The van der Waals surface area contributed by atoms with E-state index in [0.717, 1.165) is 27.8 Å². The van der Waals surface area contributed by atoms with Gasteiger partial charge in [0.05, 0.1) is 16.7 Å². The van der Waals surface area contributed by atoms with Crippen molar-refractivity contribution in [3.63, 3.8) is 0 Å². The van der Waals surface area contributed by atoms with Gasteiger partial charge in [0.1, 0.15) is 18.1 Å². The van der Waals surface area contributed by atoms with Crippen molar-refractivity contribution < 1.29 is 51.8 Å². The molecule has 0 aliphatic carbocycles. The lowest BCUT2D eigenvalue weighted by atomic mass is 10.00. The van der Waals surface area contributed by atoms with E-state index in [2.05, 4.69) is 0 Å². The molecule has 0 saturated carbocycles. The minimum atomic E-state index is -4.18. The molecule has 0 aromatic heterocycles. The summed E-state index contributed by atoms with van der Waals surface area (Å²) in [4.78, 5) is 53.1. The number of amides is 2. The number of carboxylic acids is 2. The van der Waals surface area contributed by atoms with Crippen LogP contribution >= 0.6 is 24.0 Å². The van der Waals surface area contributed by atoms with E-state index >= 15 is 0 Å². The van der Waals surface area contributed by atoms with Crippen LogP contribution in [-0.2, 0) is 34.0 Å². The first kappa shape index (κ1) is 34.6. The fourth-order valence-electron chi connectivity index (χ4n) is 5.19. The second kappa shape index (κ2) is 14.2. The van der Waals surface area contributed by atoms with Crippen LogP contribution in [0.3, 0.4) is 0 Å². The molecule has 0 spiro atoms. The first-order chi connectivity index (χ1) is 22.7. The Kier molecular flexibility index (Phi) is 10.2. The lowest BCUT2D eigenvalue weighted by Gasteiger charge is -2.18. The number of anilines is 1. The quantitative estimate of drug-likeness (QED) is 0.165. The molecule has 2 amide bonds. The molecule has 0 bridgehead atoms. The van der Waals surface area contributed by atoms with Gasteiger partial charge in [-0.15, -0.1) is 0 Å². The Morgan fingerprint density at radius 3 is 2.35 bits per heavy atom. The van der Waals surface area contributed by atoms with Crippen molar-refractivity contribution in [1.29, 1.82) is 0 Å². The molecule has 2 aromatic rings.